The van der Waals surface area contributed by atoms with Crippen LogP contribution in [0.1, 0.15) is 67.3 Å². The molecule has 1 heterocycles. The standard InChI is InChI=1S/C18H24O6/c1-8(2)6-11(20)14-15(22)10-7-12(21)18(4,5)24-17(10)13(9(3)19)16(14)23/h8,12,21-23H,6-7H2,1-5H3. The summed E-state index contributed by atoms with van der Waals surface area (Å²) in [6.07, 6.45) is -0.781. The first-order chi connectivity index (χ1) is 11.0. The van der Waals surface area contributed by atoms with Crippen LogP contribution in [0.3, 0.4) is 0 Å². The number of Topliss-reactive ketones (excluding diaryl/α,β-unsaturated/α-hetero) is 2. The third kappa shape index (κ3) is 2.98. The molecule has 0 aromatic heterocycles. The Kier molecular flexibility index (Phi) is 4.63. The molecule has 0 amide bonds. The monoisotopic (exact) mass is 336 g/mol. The average Bonchev–Trinajstić information content (AvgIpc) is 2.39. The Morgan fingerprint density at radius 1 is 1.21 bits per heavy atom. The zero-order chi connectivity index (χ0) is 18.4. The van der Waals surface area contributed by atoms with Crippen molar-refractivity contribution in [2.24, 2.45) is 5.92 Å². The number of hydrogen-bond acceptors (Lipinski definition) is 6. The number of aromatic hydroxyl groups is 2. The molecule has 0 fully saturated rings. The van der Waals surface area contributed by atoms with Crippen LogP contribution in [0.2, 0.25) is 0 Å². The summed E-state index contributed by atoms with van der Waals surface area (Å²) in [6.45, 7) is 8.23. The van der Waals surface area contributed by atoms with Crippen LogP contribution in [-0.4, -0.2) is 38.6 Å². The van der Waals surface area contributed by atoms with Gasteiger partial charge in [0, 0.05) is 18.4 Å². The van der Waals surface area contributed by atoms with Gasteiger partial charge < -0.3 is 20.1 Å². The number of benzene rings is 1. The minimum atomic E-state index is -0.987. The van der Waals surface area contributed by atoms with Crippen molar-refractivity contribution in [3.05, 3.63) is 16.7 Å². The van der Waals surface area contributed by atoms with Crippen LogP contribution in [0.5, 0.6) is 17.2 Å². The van der Waals surface area contributed by atoms with E-state index in [1.54, 1.807) is 13.8 Å². The SMILES string of the molecule is CC(=O)c1c(O)c(C(=O)CC(C)C)c(O)c2c1OC(C)(C)C(O)C2. The molecule has 0 spiro atoms. The zero-order valence-electron chi connectivity index (χ0n) is 14.6. The quantitative estimate of drug-likeness (QED) is 0.730. The Labute approximate surface area is 141 Å². The smallest absolute Gasteiger partial charge is 0.170 e. The highest BCUT2D eigenvalue weighted by molar-refractivity contribution is 6.09. The summed E-state index contributed by atoms with van der Waals surface area (Å²) in [5.74, 6) is -1.86. The molecule has 1 unspecified atom stereocenters. The maximum Gasteiger partial charge on any atom is 0.170 e. The minimum absolute atomic E-state index is 0.0221. The maximum atomic E-state index is 12.4. The van der Waals surface area contributed by atoms with Gasteiger partial charge in [-0.3, -0.25) is 9.59 Å². The second kappa shape index (κ2) is 6.09. The van der Waals surface area contributed by atoms with Crippen LogP contribution in [0.4, 0.5) is 0 Å². The lowest BCUT2D eigenvalue weighted by Gasteiger charge is -2.38. The number of phenols is 2. The van der Waals surface area contributed by atoms with E-state index in [2.05, 4.69) is 0 Å². The van der Waals surface area contributed by atoms with Crippen LogP contribution in [0.25, 0.3) is 0 Å². The van der Waals surface area contributed by atoms with E-state index in [9.17, 15) is 24.9 Å². The Morgan fingerprint density at radius 2 is 1.79 bits per heavy atom. The molecule has 0 saturated carbocycles. The molecule has 1 atom stereocenters. The van der Waals surface area contributed by atoms with E-state index in [-0.39, 0.29) is 41.2 Å². The number of carbonyl (C=O) groups is 2. The molecule has 1 aromatic carbocycles. The largest absolute Gasteiger partial charge is 0.507 e. The van der Waals surface area contributed by atoms with E-state index < -0.39 is 34.8 Å². The number of phenolic OH excluding ortho intramolecular Hbond substituents is 2. The van der Waals surface area contributed by atoms with E-state index in [0.29, 0.717) is 0 Å². The van der Waals surface area contributed by atoms with E-state index in [4.69, 9.17) is 4.74 Å². The average molecular weight is 336 g/mol. The number of rotatable bonds is 4. The second-order valence-corrected chi connectivity index (χ2v) is 7.26. The number of aliphatic hydroxyl groups is 1. The molecule has 132 valence electrons. The van der Waals surface area contributed by atoms with Crippen LogP contribution in [-0.2, 0) is 6.42 Å². The Hall–Kier alpha value is -2.08. The predicted molar refractivity (Wildman–Crippen MR) is 88.0 cm³/mol. The molecule has 2 rings (SSSR count). The maximum absolute atomic E-state index is 12.4. The fourth-order valence-electron chi connectivity index (χ4n) is 2.89. The van der Waals surface area contributed by atoms with Crippen LogP contribution in [0.15, 0.2) is 0 Å². The lowest BCUT2D eigenvalue weighted by atomic mass is 9.85. The van der Waals surface area contributed by atoms with Gasteiger partial charge in [0.1, 0.15) is 34.0 Å². The van der Waals surface area contributed by atoms with Crippen molar-refractivity contribution in [2.75, 3.05) is 0 Å². The third-order valence-corrected chi connectivity index (χ3v) is 4.29. The first kappa shape index (κ1) is 18.3. The molecule has 6 heteroatoms. The van der Waals surface area contributed by atoms with Crippen LogP contribution >= 0.6 is 0 Å². The van der Waals surface area contributed by atoms with E-state index in [1.807, 2.05) is 13.8 Å². The Morgan fingerprint density at radius 3 is 2.29 bits per heavy atom. The summed E-state index contributed by atoms with van der Waals surface area (Å²) < 4.78 is 5.70. The fourth-order valence-corrected chi connectivity index (χ4v) is 2.89. The van der Waals surface area contributed by atoms with Crippen molar-refractivity contribution >= 4 is 11.6 Å². The van der Waals surface area contributed by atoms with Crippen molar-refractivity contribution in [1.29, 1.82) is 0 Å². The molecular formula is C18H24O6. The topological polar surface area (TPSA) is 104 Å². The highest BCUT2D eigenvalue weighted by atomic mass is 16.5. The van der Waals surface area contributed by atoms with Gasteiger partial charge in [-0.2, -0.15) is 0 Å². The van der Waals surface area contributed by atoms with Crippen molar-refractivity contribution in [3.63, 3.8) is 0 Å². The Bertz CT molecular complexity index is 702. The third-order valence-electron chi connectivity index (χ3n) is 4.29. The van der Waals surface area contributed by atoms with Crippen LogP contribution < -0.4 is 4.74 Å². The van der Waals surface area contributed by atoms with Gasteiger partial charge in [-0.25, -0.2) is 0 Å². The molecule has 3 N–H and O–H groups in total. The molecule has 0 saturated heterocycles. The predicted octanol–water partition coefficient (Wildman–Crippen LogP) is 2.60. The van der Waals surface area contributed by atoms with Crippen molar-refractivity contribution in [3.8, 4) is 17.2 Å². The van der Waals surface area contributed by atoms with Gasteiger partial charge in [0.15, 0.2) is 11.6 Å². The highest BCUT2D eigenvalue weighted by Gasteiger charge is 2.41. The van der Waals surface area contributed by atoms with E-state index in [1.165, 1.54) is 6.92 Å². The summed E-state index contributed by atoms with van der Waals surface area (Å²) >= 11 is 0. The lowest BCUT2D eigenvalue weighted by Crippen LogP contribution is -2.46. The van der Waals surface area contributed by atoms with Gasteiger partial charge in [0.25, 0.3) is 0 Å². The van der Waals surface area contributed by atoms with Gasteiger partial charge in [-0.15, -0.1) is 0 Å². The summed E-state index contributed by atoms with van der Waals surface area (Å²) in [4.78, 5) is 24.5. The van der Waals surface area contributed by atoms with Gasteiger partial charge in [0.2, 0.25) is 0 Å². The van der Waals surface area contributed by atoms with Gasteiger partial charge in [-0.05, 0) is 26.7 Å². The molecule has 24 heavy (non-hydrogen) atoms. The Balaban J connectivity index is 2.75. The summed E-state index contributed by atoms with van der Waals surface area (Å²) in [7, 11) is 0. The van der Waals surface area contributed by atoms with E-state index in [0.717, 1.165) is 0 Å². The number of ether oxygens (including phenoxy) is 1. The van der Waals surface area contributed by atoms with E-state index >= 15 is 0 Å². The zero-order valence-corrected chi connectivity index (χ0v) is 14.6. The lowest BCUT2D eigenvalue weighted by molar-refractivity contribution is -0.0422. The molecular weight excluding hydrogens is 312 g/mol. The number of aliphatic hydroxyl groups excluding tert-OH is 1. The van der Waals surface area contributed by atoms with Crippen molar-refractivity contribution in [2.45, 2.75) is 59.2 Å². The van der Waals surface area contributed by atoms with Gasteiger partial charge in [-0.1, -0.05) is 13.8 Å². The molecule has 0 radical (unpaired) electrons. The van der Waals surface area contributed by atoms with Crippen molar-refractivity contribution < 1.29 is 29.6 Å². The molecule has 0 bridgehead atoms. The van der Waals surface area contributed by atoms with Gasteiger partial charge >= 0.3 is 0 Å². The van der Waals surface area contributed by atoms with Crippen molar-refractivity contribution in [1.82, 2.24) is 0 Å². The highest BCUT2D eigenvalue weighted by Crippen LogP contribution is 2.48. The normalized spacial score (nSPS) is 18.9. The number of carbonyl (C=O) groups excluding carboxylic acids is 2. The minimum Gasteiger partial charge on any atom is -0.507 e. The second-order valence-electron chi connectivity index (χ2n) is 7.26. The van der Waals surface area contributed by atoms with Crippen LogP contribution in [0, 0.1) is 5.92 Å². The molecule has 1 aliphatic rings. The first-order valence-corrected chi connectivity index (χ1v) is 7.99. The number of ketones is 2. The van der Waals surface area contributed by atoms with Gasteiger partial charge in [0.05, 0.1) is 6.10 Å². The molecule has 1 aliphatic heterocycles. The summed E-state index contributed by atoms with van der Waals surface area (Å²) in [5.41, 5.74) is -1.21. The molecule has 0 aliphatic carbocycles. The number of fused-ring (bicyclic) bond motifs is 1. The number of hydrogen-bond donors (Lipinski definition) is 3. The first-order valence-electron chi connectivity index (χ1n) is 7.99. The fraction of sp³-hybridized carbons (Fsp3) is 0.556. The molecule has 6 nitrogen and oxygen atoms in total. The summed E-state index contributed by atoms with van der Waals surface area (Å²) in [5, 5.41) is 31.2. The summed E-state index contributed by atoms with van der Waals surface area (Å²) in [6, 6.07) is 0. The molecule has 1 aromatic rings.